The smallest absolute Gasteiger partial charge is 0.234 e. The number of thioether (sulfide) groups is 1. The summed E-state index contributed by atoms with van der Waals surface area (Å²) in [4.78, 5) is 16.6. The lowest BCUT2D eigenvalue weighted by Crippen LogP contribution is -2.14. The van der Waals surface area contributed by atoms with E-state index in [1.807, 2.05) is 22.9 Å². The minimum atomic E-state index is -0.138. The van der Waals surface area contributed by atoms with Gasteiger partial charge in [-0.3, -0.25) is 9.36 Å². The zero-order valence-electron chi connectivity index (χ0n) is 14.6. The van der Waals surface area contributed by atoms with Crippen molar-refractivity contribution in [1.82, 2.24) is 9.55 Å². The molecule has 0 bridgehead atoms. The van der Waals surface area contributed by atoms with E-state index in [1.165, 1.54) is 22.9 Å². The Morgan fingerprint density at radius 1 is 1.27 bits per heavy atom. The number of rotatable bonds is 5. The number of carbonyl (C=O) groups excluding carboxylic acids is 1. The zero-order chi connectivity index (χ0) is 18.5. The summed E-state index contributed by atoms with van der Waals surface area (Å²) >= 11 is 1.38. The van der Waals surface area contributed by atoms with E-state index in [0.29, 0.717) is 11.3 Å². The second-order valence-electron chi connectivity index (χ2n) is 5.83. The third kappa shape index (κ3) is 3.95. The summed E-state index contributed by atoms with van der Waals surface area (Å²) in [5, 5.41) is 12.5. The summed E-state index contributed by atoms with van der Waals surface area (Å²) < 4.78 is 2.00. The Labute approximate surface area is 156 Å². The molecule has 0 atom stereocenters. The Hall–Kier alpha value is -3.04. The Balaban J connectivity index is 1.69. The number of nitriles is 1. The van der Waals surface area contributed by atoms with Gasteiger partial charge in [0.25, 0.3) is 0 Å². The molecule has 0 saturated heterocycles. The van der Waals surface area contributed by atoms with Crippen LogP contribution < -0.4 is 5.32 Å². The number of amides is 1. The molecule has 6 heteroatoms. The Morgan fingerprint density at radius 2 is 2.08 bits per heavy atom. The largest absolute Gasteiger partial charge is 0.325 e. The molecular formula is C20H18N4OS. The summed E-state index contributed by atoms with van der Waals surface area (Å²) in [7, 11) is 0. The van der Waals surface area contributed by atoms with E-state index in [0.717, 1.165) is 10.8 Å². The first-order valence-electron chi connectivity index (χ1n) is 8.11. The molecule has 0 radical (unpaired) electrons. The summed E-state index contributed by atoms with van der Waals surface area (Å²) in [6, 6.07) is 15.1. The van der Waals surface area contributed by atoms with Crippen LogP contribution in [-0.4, -0.2) is 21.2 Å². The average molecular weight is 362 g/mol. The van der Waals surface area contributed by atoms with Gasteiger partial charge in [-0.1, -0.05) is 30.0 Å². The predicted octanol–water partition coefficient (Wildman–Crippen LogP) is 4.09. The van der Waals surface area contributed by atoms with Crippen molar-refractivity contribution in [3.63, 3.8) is 0 Å². The van der Waals surface area contributed by atoms with Crippen LogP contribution in [0.25, 0.3) is 5.69 Å². The van der Waals surface area contributed by atoms with E-state index < -0.39 is 0 Å². The summed E-state index contributed by atoms with van der Waals surface area (Å²) in [5.41, 5.74) is 4.59. The molecule has 2 aromatic carbocycles. The number of imidazole rings is 1. The van der Waals surface area contributed by atoms with Crippen molar-refractivity contribution in [2.45, 2.75) is 19.0 Å². The molecular weight excluding hydrogens is 344 g/mol. The quantitative estimate of drug-likeness (QED) is 0.694. The number of hydrogen-bond acceptors (Lipinski definition) is 4. The van der Waals surface area contributed by atoms with Crippen molar-refractivity contribution in [1.29, 1.82) is 5.26 Å². The van der Waals surface area contributed by atoms with E-state index >= 15 is 0 Å². The van der Waals surface area contributed by atoms with Gasteiger partial charge in [0.1, 0.15) is 0 Å². The maximum atomic E-state index is 12.2. The van der Waals surface area contributed by atoms with Gasteiger partial charge in [0, 0.05) is 18.1 Å². The fraction of sp³-hybridized carbons (Fsp3) is 0.150. The van der Waals surface area contributed by atoms with Crippen molar-refractivity contribution >= 4 is 23.4 Å². The van der Waals surface area contributed by atoms with Crippen molar-refractivity contribution in [3.05, 3.63) is 71.5 Å². The van der Waals surface area contributed by atoms with Crippen molar-refractivity contribution < 1.29 is 4.79 Å². The number of aryl methyl sites for hydroxylation is 1. The van der Waals surface area contributed by atoms with Crippen LogP contribution in [0.2, 0.25) is 0 Å². The van der Waals surface area contributed by atoms with Gasteiger partial charge in [0.05, 0.1) is 23.1 Å². The molecule has 5 nitrogen and oxygen atoms in total. The lowest BCUT2D eigenvalue weighted by atomic mass is 10.1. The number of carbonyl (C=O) groups is 1. The third-order valence-electron chi connectivity index (χ3n) is 4.05. The molecule has 130 valence electrons. The van der Waals surface area contributed by atoms with Crippen LogP contribution in [-0.2, 0) is 4.79 Å². The van der Waals surface area contributed by atoms with Crippen LogP contribution in [0.15, 0.2) is 60.0 Å². The van der Waals surface area contributed by atoms with Crippen LogP contribution in [0.5, 0.6) is 0 Å². The second-order valence-corrected chi connectivity index (χ2v) is 6.77. The SMILES string of the molecule is Cc1cccc(-n2ccnc2SCC(=O)Nc2cccc(C#N)c2)c1C. The summed E-state index contributed by atoms with van der Waals surface area (Å²) in [5.74, 6) is 0.0964. The summed E-state index contributed by atoms with van der Waals surface area (Å²) in [6.07, 6.45) is 3.64. The van der Waals surface area contributed by atoms with E-state index in [1.54, 1.807) is 30.5 Å². The number of hydrogen-bond donors (Lipinski definition) is 1. The first-order valence-corrected chi connectivity index (χ1v) is 9.10. The number of nitrogens with zero attached hydrogens (tertiary/aromatic N) is 3. The predicted molar refractivity (Wildman–Crippen MR) is 104 cm³/mol. The van der Waals surface area contributed by atoms with Crippen LogP contribution in [0.4, 0.5) is 5.69 Å². The topological polar surface area (TPSA) is 70.7 Å². The van der Waals surface area contributed by atoms with Crippen LogP contribution >= 0.6 is 11.8 Å². The molecule has 1 aromatic heterocycles. The second kappa shape index (κ2) is 7.89. The molecule has 1 heterocycles. The highest BCUT2D eigenvalue weighted by molar-refractivity contribution is 7.99. The lowest BCUT2D eigenvalue weighted by molar-refractivity contribution is -0.113. The van der Waals surface area contributed by atoms with E-state index in [2.05, 4.69) is 36.3 Å². The van der Waals surface area contributed by atoms with Gasteiger partial charge in [-0.05, 0) is 49.2 Å². The van der Waals surface area contributed by atoms with E-state index in [9.17, 15) is 4.79 Å². The van der Waals surface area contributed by atoms with Crippen molar-refractivity contribution in [2.24, 2.45) is 0 Å². The molecule has 0 aliphatic carbocycles. The van der Waals surface area contributed by atoms with Crippen molar-refractivity contribution in [2.75, 3.05) is 11.1 Å². The molecule has 0 aliphatic heterocycles. The Morgan fingerprint density at radius 3 is 2.88 bits per heavy atom. The van der Waals surface area contributed by atoms with Gasteiger partial charge >= 0.3 is 0 Å². The standard InChI is InChI=1S/C20H18N4OS/c1-14-5-3-8-18(15(14)2)24-10-9-22-20(24)26-13-19(25)23-17-7-4-6-16(11-17)12-21/h3-11H,13H2,1-2H3,(H,23,25). The van der Waals surface area contributed by atoms with Gasteiger partial charge in [0.2, 0.25) is 5.91 Å². The maximum Gasteiger partial charge on any atom is 0.234 e. The van der Waals surface area contributed by atoms with Crippen LogP contribution in [0, 0.1) is 25.2 Å². The summed E-state index contributed by atoms with van der Waals surface area (Å²) in [6.45, 7) is 4.15. The molecule has 0 unspecified atom stereocenters. The van der Waals surface area contributed by atoms with Gasteiger partial charge in [-0.15, -0.1) is 0 Å². The third-order valence-corrected chi connectivity index (χ3v) is 5.02. The minimum absolute atomic E-state index is 0.138. The van der Waals surface area contributed by atoms with E-state index in [-0.39, 0.29) is 11.7 Å². The molecule has 0 saturated carbocycles. The monoisotopic (exact) mass is 362 g/mol. The number of benzene rings is 2. The minimum Gasteiger partial charge on any atom is -0.325 e. The van der Waals surface area contributed by atoms with Gasteiger partial charge in [0.15, 0.2) is 5.16 Å². The normalized spacial score (nSPS) is 10.3. The van der Waals surface area contributed by atoms with Gasteiger partial charge in [-0.2, -0.15) is 5.26 Å². The first kappa shape index (κ1) is 17.8. The van der Waals surface area contributed by atoms with Crippen LogP contribution in [0.1, 0.15) is 16.7 Å². The molecule has 0 fully saturated rings. The lowest BCUT2D eigenvalue weighted by Gasteiger charge is -2.12. The molecule has 0 aliphatic rings. The number of aromatic nitrogens is 2. The van der Waals surface area contributed by atoms with Gasteiger partial charge in [-0.25, -0.2) is 4.98 Å². The molecule has 3 rings (SSSR count). The van der Waals surface area contributed by atoms with E-state index in [4.69, 9.17) is 5.26 Å². The van der Waals surface area contributed by atoms with Crippen molar-refractivity contribution in [3.8, 4) is 11.8 Å². The number of nitrogens with one attached hydrogen (secondary N) is 1. The molecule has 1 N–H and O–H groups in total. The highest BCUT2D eigenvalue weighted by Crippen LogP contribution is 2.24. The molecule has 0 spiro atoms. The fourth-order valence-corrected chi connectivity index (χ4v) is 3.34. The maximum absolute atomic E-state index is 12.2. The zero-order valence-corrected chi connectivity index (χ0v) is 15.4. The Bertz CT molecular complexity index is 987. The fourth-order valence-electron chi connectivity index (χ4n) is 2.57. The number of anilines is 1. The highest BCUT2D eigenvalue weighted by Gasteiger charge is 2.11. The highest BCUT2D eigenvalue weighted by atomic mass is 32.2. The average Bonchev–Trinajstić information content (AvgIpc) is 3.11. The molecule has 3 aromatic rings. The molecule has 1 amide bonds. The first-order chi connectivity index (χ1) is 12.6. The Kier molecular flexibility index (Phi) is 5.40. The van der Waals surface area contributed by atoms with Crippen LogP contribution in [0.3, 0.4) is 0 Å². The molecule has 26 heavy (non-hydrogen) atoms. The van der Waals surface area contributed by atoms with Gasteiger partial charge < -0.3 is 5.32 Å².